The van der Waals surface area contributed by atoms with Crippen molar-refractivity contribution in [3.8, 4) is 0 Å². The summed E-state index contributed by atoms with van der Waals surface area (Å²) in [6.45, 7) is 6.57. The Morgan fingerprint density at radius 2 is 2.38 bits per heavy atom. The molecule has 0 aromatic carbocycles. The van der Waals surface area contributed by atoms with Crippen molar-refractivity contribution in [3.05, 3.63) is 12.7 Å². The summed E-state index contributed by atoms with van der Waals surface area (Å²) in [6.07, 6.45) is 2.57. The molecule has 0 heterocycles. The number of ether oxygens (including phenoxy) is 1. The van der Waals surface area contributed by atoms with Gasteiger partial charge in [0.05, 0.1) is 0 Å². The fourth-order valence-corrected chi connectivity index (χ4v) is 0.763. The lowest BCUT2D eigenvalue weighted by atomic mass is 10.4. The van der Waals surface area contributed by atoms with E-state index in [9.17, 15) is 4.79 Å². The van der Waals surface area contributed by atoms with E-state index in [-0.39, 0.29) is 6.73 Å². The van der Waals surface area contributed by atoms with Gasteiger partial charge in [0.15, 0.2) is 0 Å². The number of carboxylic acid groups (broad SMARTS) is 1. The van der Waals surface area contributed by atoms with Gasteiger partial charge in [0, 0.05) is 13.2 Å². The van der Waals surface area contributed by atoms with E-state index in [0.29, 0.717) is 13.2 Å². The minimum absolute atomic E-state index is 0.126. The third kappa shape index (κ3) is 6.16. The first-order valence-corrected chi connectivity index (χ1v) is 4.38. The molecule has 0 bridgehead atoms. The third-order valence-corrected chi connectivity index (χ3v) is 1.51. The third-order valence-electron chi connectivity index (χ3n) is 1.51. The lowest BCUT2D eigenvalue weighted by molar-refractivity contribution is 0.0360. The first kappa shape index (κ1) is 12.0. The topological polar surface area (TPSA) is 49.8 Å². The molecule has 0 aliphatic rings. The van der Waals surface area contributed by atoms with E-state index in [2.05, 4.69) is 13.5 Å². The van der Waals surface area contributed by atoms with Crippen LogP contribution in [0.5, 0.6) is 0 Å². The second-order valence-electron chi connectivity index (χ2n) is 2.68. The molecule has 1 amide bonds. The predicted molar refractivity (Wildman–Crippen MR) is 50.7 cm³/mol. The van der Waals surface area contributed by atoms with E-state index >= 15 is 0 Å². The molecule has 13 heavy (non-hydrogen) atoms. The summed E-state index contributed by atoms with van der Waals surface area (Å²) < 4.78 is 5.15. The second-order valence-corrected chi connectivity index (χ2v) is 2.68. The number of nitrogens with zero attached hydrogens (tertiary/aromatic N) is 1. The average molecular weight is 187 g/mol. The average Bonchev–Trinajstić information content (AvgIpc) is 2.10. The number of amides is 1. The molecule has 76 valence electrons. The summed E-state index contributed by atoms with van der Waals surface area (Å²) in [5.74, 6) is 0. The molecule has 0 aliphatic carbocycles. The molecule has 0 spiro atoms. The van der Waals surface area contributed by atoms with Crippen molar-refractivity contribution in [3.63, 3.8) is 0 Å². The van der Waals surface area contributed by atoms with Gasteiger partial charge in [-0.3, -0.25) is 4.90 Å². The van der Waals surface area contributed by atoms with Crippen LogP contribution < -0.4 is 0 Å². The molecule has 0 saturated heterocycles. The van der Waals surface area contributed by atoms with Crippen molar-refractivity contribution in [2.24, 2.45) is 0 Å². The number of hydrogen-bond acceptors (Lipinski definition) is 2. The molecule has 0 aromatic heterocycles. The van der Waals surface area contributed by atoms with Crippen molar-refractivity contribution < 1.29 is 14.6 Å². The zero-order valence-electron chi connectivity index (χ0n) is 8.03. The molecule has 0 radical (unpaired) electrons. The smallest absolute Gasteiger partial charge is 0.409 e. The molecule has 0 atom stereocenters. The van der Waals surface area contributed by atoms with Crippen LogP contribution in [0.2, 0.25) is 0 Å². The largest absolute Gasteiger partial charge is 0.465 e. The molecule has 0 aromatic rings. The highest BCUT2D eigenvalue weighted by atomic mass is 16.5. The van der Waals surface area contributed by atoms with Crippen molar-refractivity contribution in [2.45, 2.75) is 19.8 Å². The summed E-state index contributed by atoms with van der Waals surface area (Å²) in [5.41, 5.74) is 0. The Balaban J connectivity index is 3.56. The van der Waals surface area contributed by atoms with Gasteiger partial charge in [-0.1, -0.05) is 19.4 Å². The quantitative estimate of drug-likeness (QED) is 0.376. The van der Waals surface area contributed by atoms with E-state index in [1.807, 2.05) is 0 Å². The van der Waals surface area contributed by atoms with Gasteiger partial charge in [-0.15, -0.1) is 6.58 Å². The minimum Gasteiger partial charge on any atom is -0.465 e. The van der Waals surface area contributed by atoms with Gasteiger partial charge in [-0.2, -0.15) is 0 Å². The lowest BCUT2D eigenvalue weighted by Gasteiger charge is -2.16. The van der Waals surface area contributed by atoms with Crippen LogP contribution in [0.3, 0.4) is 0 Å². The maximum absolute atomic E-state index is 10.6. The fraction of sp³-hybridized carbons (Fsp3) is 0.667. The molecular formula is C9H17NO3. The highest BCUT2D eigenvalue weighted by Crippen LogP contribution is 1.93. The Bertz CT molecular complexity index is 159. The van der Waals surface area contributed by atoms with Crippen LogP contribution in [-0.4, -0.2) is 36.0 Å². The maximum atomic E-state index is 10.6. The van der Waals surface area contributed by atoms with E-state index in [1.165, 1.54) is 11.0 Å². The highest BCUT2D eigenvalue weighted by Gasteiger charge is 2.08. The Labute approximate surface area is 78.8 Å². The van der Waals surface area contributed by atoms with E-state index < -0.39 is 6.09 Å². The predicted octanol–water partition coefficient (Wildman–Crippen LogP) is 1.93. The van der Waals surface area contributed by atoms with Crippen LogP contribution in [0.15, 0.2) is 12.7 Å². The van der Waals surface area contributed by atoms with Gasteiger partial charge < -0.3 is 9.84 Å². The molecule has 0 saturated carbocycles. The Hall–Kier alpha value is -1.03. The summed E-state index contributed by atoms with van der Waals surface area (Å²) >= 11 is 0. The summed E-state index contributed by atoms with van der Waals surface area (Å²) in [7, 11) is 0. The van der Waals surface area contributed by atoms with Crippen molar-refractivity contribution in [1.29, 1.82) is 0 Å². The summed E-state index contributed by atoms with van der Waals surface area (Å²) in [5, 5.41) is 8.66. The normalized spacial score (nSPS) is 9.62. The zero-order valence-corrected chi connectivity index (χ0v) is 8.03. The Morgan fingerprint density at radius 3 is 2.85 bits per heavy atom. The number of unbranched alkanes of at least 4 members (excludes halogenated alkanes) is 1. The number of hydrogen-bond donors (Lipinski definition) is 1. The minimum atomic E-state index is -0.976. The van der Waals surface area contributed by atoms with Crippen LogP contribution in [0.25, 0.3) is 0 Å². The monoisotopic (exact) mass is 187 g/mol. The summed E-state index contributed by atoms with van der Waals surface area (Å²) in [4.78, 5) is 11.7. The van der Waals surface area contributed by atoms with Crippen molar-refractivity contribution in [2.75, 3.05) is 19.9 Å². The van der Waals surface area contributed by atoms with Gasteiger partial charge in [0.2, 0.25) is 0 Å². The summed E-state index contributed by atoms with van der Waals surface area (Å²) in [6, 6.07) is 0. The van der Waals surface area contributed by atoms with Gasteiger partial charge >= 0.3 is 6.09 Å². The van der Waals surface area contributed by atoms with Gasteiger partial charge in [0.1, 0.15) is 6.73 Å². The van der Waals surface area contributed by atoms with E-state index in [4.69, 9.17) is 9.84 Å². The van der Waals surface area contributed by atoms with Crippen LogP contribution in [0.4, 0.5) is 4.79 Å². The molecule has 0 rings (SSSR count). The Kier molecular flexibility index (Phi) is 7.01. The van der Waals surface area contributed by atoms with Crippen LogP contribution in [-0.2, 0) is 4.74 Å². The first-order valence-electron chi connectivity index (χ1n) is 4.38. The molecular weight excluding hydrogens is 170 g/mol. The standard InChI is InChI=1S/C9H17NO3/c1-3-5-7-13-8-10(6-4-2)9(11)12/h4H,2-3,5-8H2,1H3,(H,11,12). The molecule has 4 nitrogen and oxygen atoms in total. The van der Waals surface area contributed by atoms with Crippen LogP contribution in [0.1, 0.15) is 19.8 Å². The SMILES string of the molecule is C=CCN(COCCCC)C(=O)O. The van der Waals surface area contributed by atoms with E-state index in [0.717, 1.165) is 12.8 Å². The highest BCUT2D eigenvalue weighted by molar-refractivity contribution is 5.64. The molecule has 0 fully saturated rings. The number of carbonyl (C=O) groups is 1. The van der Waals surface area contributed by atoms with E-state index in [1.54, 1.807) is 0 Å². The zero-order chi connectivity index (χ0) is 10.1. The van der Waals surface area contributed by atoms with Crippen LogP contribution >= 0.6 is 0 Å². The van der Waals surface area contributed by atoms with Gasteiger partial charge in [-0.25, -0.2) is 4.79 Å². The van der Waals surface area contributed by atoms with Crippen molar-refractivity contribution >= 4 is 6.09 Å². The Morgan fingerprint density at radius 1 is 1.69 bits per heavy atom. The van der Waals surface area contributed by atoms with Gasteiger partial charge in [-0.05, 0) is 6.42 Å². The van der Waals surface area contributed by atoms with Crippen molar-refractivity contribution in [1.82, 2.24) is 4.90 Å². The maximum Gasteiger partial charge on any atom is 0.409 e. The van der Waals surface area contributed by atoms with Gasteiger partial charge in [0.25, 0.3) is 0 Å². The lowest BCUT2D eigenvalue weighted by Crippen LogP contribution is -2.32. The molecule has 4 heteroatoms. The number of rotatable bonds is 7. The molecule has 1 N–H and O–H groups in total. The second kappa shape index (κ2) is 7.61. The first-order chi connectivity index (χ1) is 6.22. The molecule has 0 aliphatic heterocycles. The van der Waals surface area contributed by atoms with Crippen LogP contribution in [0, 0.1) is 0 Å². The fourth-order valence-electron chi connectivity index (χ4n) is 0.763. The molecule has 0 unspecified atom stereocenters.